The van der Waals surface area contributed by atoms with E-state index in [-0.39, 0.29) is 24.6 Å². The number of halogens is 2. The van der Waals surface area contributed by atoms with Gasteiger partial charge in [0.15, 0.2) is 5.79 Å². The monoisotopic (exact) mass is 454 g/mol. The predicted octanol–water partition coefficient (Wildman–Crippen LogP) is 3.12. The molecule has 2 saturated heterocycles. The third-order valence-corrected chi connectivity index (χ3v) is 7.62. The zero-order valence-corrected chi connectivity index (χ0v) is 18.0. The second-order valence-corrected chi connectivity index (χ2v) is 9.85. The molecular formula is C21H24ClFN2O4S. The molecule has 2 aliphatic rings. The first-order valence-electron chi connectivity index (χ1n) is 9.88. The van der Waals surface area contributed by atoms with Crippen molar-refractivity contribution in [3.63, 3.8) is 0 Å². The van der Waals surface area contributed by atoms with Gasteiger partial charge < -0.3 is 9.47 Å². The quantitative estimate of drug-likeness (QED) is 0.710. The van der Waals surface area contributed by atoms with E-state index >= 15 is 0 Å². The minimum atomic E-state index is -4.00. The van der Waals surface area contributed by atoms with E-state index in [1.807, 2.05) is 24.3 Å². The lowest BCUT2D eigenvalue weighted by molar-refractivity contribution is -0.257. The molecule has 0 radical (unpaired) electrons. The van der Waals surface area contributed by atoms with Gasteiger partial charge in [0.1, 0.15) is 10.7 Å². The van der Waals surface area contributed by atoms with Crippen LogP contribution in [0.5, 0.6) is 0 Å². The summed E-state index contributed by atoms with van der Waals surface area (Å²) >= 11 is 6.31. The molecule has 2 fully saturated rings. The van der Waals surface area contributed by atoms with Gasteiger partial charge in [0, 0.05) is 24.7 Å². The molecule has 0 N–H and O–H groups in total. The van der Waals surface area contributed by atoms with Crippen LogP contribution in [-0.4, -0.2) is 62.8 Å². The summed E-state index contributed by atoms with van der Waals surface area (Å²) in [5.74, 6) is -1.87. The third-order valence-electron chi connectivity index (χ3n) is 5.38. The maximum absolute atomic E-state index is 14.2. The van der Waals surface area contributed by atoms with Gasteiger partial charge in [-0.15, -0.1) is 0 Å². The molecule has 2 aromatic carbocycles. The maximum atomic E-state index is 14.2. The van der Waals surface area contributed by atoms with Crippen LogP contribution in [0, 0.1) is 5.82 Å². The number of morpholine rings is 1. The molecule has 0 bridgehead atoms. The Morgan fingerprint density at radius 3 is 2.53 bits per heavy atom. The Kier molecular flexibility index (Phi) is 6.43. The van der Waals surface area contributed by atoms with E-state index in [0.717, 1.165) is 24.6 Å². The number of hydrogen-bond acceptors (Lipinski definition) is 5. The highest BCUT2D eigenvalue weighted by Gasteiger charge is 2.44. The van der Waals surface area contributed by atoms with Crippen molar-refractivity contribution in [3.8, 4) is 0 Å². The van der Waals surface area contributed by atoms with Crippen LogP contribution in [0.25, 0.3) is 0 Å². The number of ether oxygens (including phenoxy) is 2. The fourth-order valence-corrected chi connectivity index (χ4v) is 5.64. The summed E-state index contributed by atoms with van der Waals surface area (Å²) in [4.78, 5) is 1.83. The first-order chi connectivity index (χ1) is 14.4. The SMILES string of the molecule is O=S(=O)(c1ccccc1F)N1CCOC2(CN(Cc3ccccc3Cl)CCCO2)C1. The van der Waals surface area contributed by atoms with Gasteiger partial charge in [-0.25, -0.2) is 12.8 Å². The van der Waals surface area contributed by atoms with Crippen LogP contribution in [0.15, 0.2) is 53.4 Å². The molecule has 6 nitrogen and oxygen atoms in total. The number of rotatable bonds is 4. The van der Waals surface area contributed by atoms with Gasteiger partial charge in [-0.05, 0) is 30.2 Å². The first kappa shape index (κ1) is 21.7. The van der Waals surface area contributed by atoms with Gasteiger partial charge in [-0.1, -0.05) is 41.9 Å². The van der Waals surface area contributed by atoms with Crippen LogP contribution in [0.2, 0.25) is 5.02 Å². The molecule has 1 unspecified atom stereocenters. The Balaban J connectivity index is 1.55. The average Bonchev–Trinajstić information content (AvgIpc) is 2.92. The Hall–Kier alpha value is -1.55. The van der Waals surface area contributed by atoms with Gasteiger partial charge in [-0.2, -0.15) is 4.31 Å². The highest BCUT2D eigenvalue weighted by atomic mass is 35.5. The first-order valence-corrected chi connectivity index (χ1v) is 11.7. The number of hydrogen-bond donors (Lipinski definition) is 0. The molecule has 0 aliphatic carbocycles. The van der Waals surface area contributed by atoms with Crippen molar-refractivity contribution < 1.29 is 22.3 Å². The third kappa shape index (κ3) is 4.54. The molecule has 1 spiro atoms. The van der Waals surface area contributed by atoms with Crippen molar-refractivity contribution >= 4 is 21.6 Å². The lowest BCUT2D eigenvalue weighted by atomic mass is 10.1. The smallest absolute Gasteiger partial charge is 0.246 e. The molecule has 4 rings (SSSR count). The van der Waals surface area contributed by atoms with Gasteiger partial charge in [0.25, 0.3) is 0 Å². The average molecular weight is 455 g/mol. The molecule has 2 aromatic rings. The van der Waals surface area contributed by atoms with Gasteiger partial charge in [-0.3, -0.25) is 4.90 Å². The van der Waals surface area contributed by atoms with E-state index in [9.17, 15) is 12.8 Å². The second kappa shape index (κ2) is 8.90. The highest BCUT2D eigenvalue weighted by molar-refractivity contribution is 7.89. The molecule has 9 heteroatoms. The lowest BCUT2D eigenvalue weighted by Crippen LogP contribution is -2.59. The lowest BCUT2D eigenvalue weighted by Gasteiger charge is -2.42. The van der Waals surface area contributed by atoms with E-state index in [2.05, 4.69) is 4.90 Å². The molecule has 2 aliphatic heterocycles. The summed E-state index contributed by atoms with van der Waals surface area (Å²) in [6.07, 6.45) is 0.787. The zero-order valence-electron chi connectivity index (χ0n) is 16.5. The van der Waals surface area contributed by atoms with E-state index < -0.39 is 21.6 Å². The van der Waals surface area contributed by atoms with Crippen LogP contribution in [0.3, 0.4) is 0 Å². The van der Waals surface area contributed by atoms with Gasteiger partial charge in [0.2, 0.25) is 10.0 Å². The van der Waals surface area contributed by atoms with Crippen molar-refractivity contribution in [1.82, 2.24) is 9.21 Å². The fraction of sp³-hybridized carbons (Fsp3) is 0.429. The molecule has 0 saturated carbocycles. The molecule has 162 valence electrons. The van der Waals surface area contributed by atoms with Crippen molar-refractivity contribution in [1.29, 1.82) is 0 Å². The predicted molar refractivity (Wildman–Crippen MR) is 111 cm³/mol. The number of benzene rings is 2. The molecule has 2 heterocycles. The number of nitrogens with zero attached hydrogens (tertiary/aromatic N) is 2. The Labute approximate surface area is 181 Å². The van der Waals surface area contributed by atoms with E-state index in [1.54, 1.807) is 0 Å². The standard InChI is InChI=1S/C21H24ClFN2O4S/c22-18-7-2-1-6-17(18)14-24-10-5-12-28-21(15-24)16-25(11-13-29-21)30(26,27)20-9-4-3-8-19(20)23/h1-4,6-9H,5,10-16H2. The zero-order chi connectivity index (χ0) is 21.2. The second-order valence-electron chi connectivity index (χ2n) is 7.53. The van der Waals surface area contributed by atoms with Gasteiger partial charge >= 0.3 is 0 Å². The van der Waals surface area contributed by atoms with E-state index in [4.69, 9.17) is 21.1 Å². The molecule has 0 aromatic heterocycles. The summed E-state index contributed by atoms with van der Waals surface area (Å²) in [5.41, 5.74) is 0.989. The summed E-state index contributed by atoms with van der Waals surface area (Å²) in [6, 6.07) is 13.1. The van der Waals surface area contributed by atoms with Crippen LogP contribution >= 0.6 is 11.6 Å². The normalized spacial score (nSPS) is 24.1. The van der Waals surface area contributed by atoms with Crippen molar-refractivity contribution in [2.24, 2.45) is 0 Å². The van der Waals surface area contributed by atoms with Crippen LogP contribution in [-0.2, 0) is 26.0 Å². The molecule has 30 heavy (non-hydrogen) atoms. The topological polar surface area (TPSA) is 59.1 Å². The minimum absolute atomic E-state index is 0.00267. The summed E-state index contributed by atoms with van der Waals surface area (Å²) in [5, 5.41) is 0.685. The van der Waals surface area contributed by atoms with E-state index in [1.165, 1.54) is 22.5 Å². The van der Waals surface area contributed by atoms with E-state index in [0.29, 0.717) is 24.7 Å². The minimum Gasteiger partial charge on any atom is -0.347 e. The largest absolute Gasteiger partial charge is 0.347 e. The van der Waals surface area contributed by atoms with Crippen molar-refractivity contribution in [2.45, 2.75) is 23.6 Å². The van der Waals surface area contributed by atoms with Crippen molar-refractivity contribution in [3.05, 3.63) is 64.9 Å². The van der Waals surface area contributed by atoms with Crippen molar-refractivity contribution in [2.75, 3.05) is 39.4 Å². The fourth-order valence-electron chi connectivity index (χ4n) is 3.92. The summed E-state index contributed by atoms with van der Waals surface area (Å²) < 4.78 is 53.6. The Morgan fingerprint density at radius 1 is 1.00 bits per heavy atom. The molecule has 1 atom stereocenters. The van der Waals surface area contributed by atoms with Crippen LogP contribution in [0.4, 0.5) is 4.39 Å². The van der Waals surface area contributed by atoms with Crippen LogP contribution < -0.4 is 0 Å². The summed E-state index contributed by atoms with van der Waals surface area (Å²) in [7, 11) is -4.00. The molecular weight excluding hydrogens is 431 g/mol. The molecule has 0 amide bonds. The summed E-state index contributed by atoms with van der Waals surface area (Å²) in [6.45, 7) is 2.54. The Bertz CT molecular complexity index is 1010. The van der Waals surface area contributed by atoms with Gasteiger partial charge in [0.05, 0.1) is 26.3 Å². The highest BCUT2D eigenvalue weighted by Crippen LogP contribution is 2.30. The number of sulfonamides is 1. The van der Waals surface area contributed by atoms with Crippen LogP contribution in [0.1, 0.15) is 12.0 Å². The maximum Gasteiger partial charge on any atom is 0.246 e. The Morgan fingerprint density at radius 2 is 1.73 bits per heavy atom.